The average molecular weight is 241 g/mol. The molecule has 3 rings (SSSR count). The number of nitrogens with zero attached hydrogens (tertiary/aromatic N) is 2. The molecule has 1 fully saturated rings. The molecular formula is C15H19N3. The van der Waals surface area contributed by atoms with Gasteiger partial charge in [0.25, 0.3) is 0 Å². The topological polar surface area (TPSA) is 42.1 Å². The first kappa shape index (κ1) is 11.6. The van der Waals surface area contributed by atoms with E-state index in [2.05, 4.69) is 47.3 Å². The van der Waals surface area contributed by atoms with Crippen molar-refractivity contribution in [3.63, 3.8) is 0 Å². The molecule has 0 amide bonds. The van der Waals surface area contributed by atoms with Crippen LogP contribution in [-0.2, 0) is 0 Å². The van der Waals surface area contributed by atoms with Crippen molar-refractivity contribution >= 4 is 10.9 Å². The zero-order valence-corrected chi connectivity index (χ0v) is 10.9. The number of rotatable bonds is 1. The van der Waals surface area contributed by atoms with E-state index in [0.29, 0.717) is 6.04 Å². The number of hydrogen-bond acceptors (Lipinski definition) is 3. The third kappa shape index (κ3) is 1.89. The van der Waals surface area contributed by atoms with Gasteiger partial charge in [0.2, 0.25) is 0 Å². The molecule has 0 aliphatic carbocycles. The van der Waals surface area contributed by atoms with Crippen LogP contribution >= 0.6 is 0 Å². The first-order chi connectivity index (χ1) is 8.65. The Morgan fingerprint density at radius 3 is 2.83 bits per heavy atom. The van der Waals surface area contributed by atoms with Crippen molar-refractivity contribution in [2.75, 3.05) is 13.6 Å². The third-order valence-corrected chi connectivity index (χ3v) is 3.89. The zero-order valence-electron chi connectivity index (χ0n) is 10.9. The molecule has 2 atom stereocenters. The molecule has 2 unspecified atom stereocenters. The Hall–Kier alpha value is -1.45. The van der Waals surface area contributed by atoms with E-state index in [1.807, 2.05) is 6.92 Å². The Labute approximate surface area is 108 Å². The lowest BCUT2D eigenvalue weighted by molar-refractivity contribution is 0.304. The summed E-state index contributed by atoms with van der Waals surface area (Å²) in [6, 6.07) is 11.3. The molecule has 0 bridgehead atoms. The van der Waals surface area contributed by atoms with Crippen LogP contribution in [0.3, 0.4) is 0 Å². The number of benzene rings is 1. The Bertz CT molecular complexity index is 569. The summed E-state index contributed by atoms with van der Waals surface area (Å²) in [5, 5.41) is 1.20. The number of likely N-dealkylation sites (N-methyl/N-ethyl adjacent to an activating group) is 1. The maximum atomic E-state index is 6.21. The molecule has 1 aliphatic rings. The summed E-state index contributed by atoms with van der Waals surface area (Å²) < 4.78 is 0. The number of aromatic nitrogens is 1. The molecule has 0 spiro atoms. The number of pyridine rings is 1. The monoisotopic (exact) mass is 241 g/mol. The van der Waals surface area contributed by atoms with Gasteiger partial charge < -0.3 is 5.73 Å². The SMILES string of the molecule is Cc1ccc2cc(C3C(N)CCN3C)ccc2n1. The van der Waals surface area contributed by atoms with E-state index in [0.717, 1.165) is 24.2 Å². The first-order valence-corrected chi connectivity index (χ1v) is 6.48. The van der Waals surface area contributed by atoms with Crippen LogP contribution < -0.4 is 5.73 Å². The summed E-state index contributed by atoms with van der Waals surface area (Å²) in [5.41, 5.74) is 9.64. The fraction of sp³-hybridized carbons (Fsp3) is 0.400. The fourth-order valence-electron chi connectivity index (χ4n) is 2.91. The molecule has 3 nitrogen and oxygen atoms in total. The van der Waals surface area contributed by atoms with Crippen LogP contribution in [0.25, 0.3) is 10.9 Å². The summed E-state index contributed by atoms with van der Waals surface area (Å²) in [6.07, 6.45) is 1.07. The number of aryl methyl sites for hydroxylation is 1. The van der Waals surface area contributed by atoms with Crippen LogP contribution in [0.4, 0.5) is 0 Å². The van der Waals surface area contributed by atoms with Gasteiger partial charge in [-0.2, -0.15) is 0 Å². The van der Waals surface area contributed by atoms with Crippen LogP contribution in [0.2, 0.25) is 0 Å². The van der Waals surface area contributed by atoms with Crippen molar-refractivity contribution in [2.45, 2.75) is 25.4 Å². The summed E-state index contributed by atoms with van der Waals surface area (Å²) in [4.78, 5) is 6.88. The van der Waals surface area contributed by atoms with Gasteiger partial charge in [-0.05, 0) is 44.2 Å². The van der Waals surface area contributed by atoms with E-state index in [-0.39, 0.29) is 6.04 Å². The molecule has 1 aromatic heterocycles. The van der Waals surface area contributed by atoms with Crippen molar-refractivity contribution < 1.29 is 0 Å². The minimum Gasteiger partial charge on any atom is -0.326 e. The second-order valence-corrected chi connectivity index (χ2v) is 5.28. The predicted octanol–water partition coefficient (Wildman–Crippen LogP) is 2.25. The van der Waals surface area contributed by atoms with Crippen LogP contribution in [-0.4, -0.2) is 29.5 Å². The van der Waals surface area contributed by atoms with E-state index in [1.165, 1.54) is 10.9 Å². The molecule has 2 N–H and O–H groups in total. The smallest absolute Gasteiger partial charge is 0.0705 e. The van der Waals surface area contributed by atoms with Gasteiger partial charge in [0.1, 0.15) is 0 Å². The zero-order chi connectivity index (χ0) is 12.7. The van der Waals surface area contributed by atoms with Crippen molar-refractivity contribution in [3.8, 4) is 0 Å². The first-order valence-electron chi connectivity index (χ1n) is 6.48. The van der Waals surface area contributed by atoms with Gasteiger partial charge in [0, 0.05) is 29.7 Å². The molecule has 3 heteroatoms. The highest BCUT2D eigenvalue weighted by Gasteiger charge is 2.30. The molecule has 0 saturated carbocycles. The Morgan fingerprint density at radius 1 is 1.28 bits per heavy atom. The third-order valence-electron chi connectivity index (χ3n) is 3.89. The minimum atomic E-state index is 0.242. The normalized spacial score (nSPS) is 24.8. The molecule has 1 aromatic carbocycles. The lowest BCUT2D eigenvalue weighted by Crippen LogP contribution is -2.29. The maximum Gasteiger partial charge on any atom is 0.0705 e. The Balaban J connectivity index is 2.05. The summed E-state index contributed by atoms with van der Waals surface area (Å²) >= 11 is 0. The molecule has 2 heterocycles. The highest BCUT2D eigenvalue weighted by Crippen LogP contribution is 2.31. The summed E-state index contributed by atoms with van der Waals surface area (Å²) in [7, 11) is 2.15. The quantitative estimate of drug-likeness (QED) is 0.832. The van der Waals surface area contributed by atoms with Gasteiger partial charge in [0.15, 0.2) is 0 Å². The van der Waals surface area contributed by atoms with Crippen molar-refractivity contribution in [2.24, 2.45) is 5.73 Å². The molecule has 1 saturated heterocycles. The second-order valence-electron chi connectivity index (χ2n) is 5.28. The maximum absolute atomic E-state index is 6.21. The van der Waals surface area contributed by atoms with Crippen molar-refractivity contribution in [3.05, 3.63) is 41.6 Å². The van der Waals surface area contributed by atoms with Crippen LogP contribution in [0.1, 0.15) is 23.7 Å². The van der Waals surface area contributed by atoms with Crippen LogP contribution in [0, 0.1) is 6.92 Å². The van der Waals surface area contributed by atoms with Crippen LogP contribution in [0.5, 0.6) is 0 Å². The number of fused-ring (bicyclic) bond motifs is 1. The largest absolute Gasteiger partial charge is 0.326 e. The molecule has 2 aromatic rings. The molecule has 18 heavy (non-hydrogen) atoms. The van der Waals surface area contributed by atoms with Gasteiger partial charge >= 0.3 is 0 Å². The highest BCUT2D eigenvalue weighted by atomic mass is 15.2. The van der Waals surface area contributed by atoms with Gasteiger partial charge in [-0.3, -0.25) is 9.88 Å². The van der Waals surface area contributed by atoms with Gasteiger partial charge in [-0.15, -0.1) is 0 Å². The molecular weight excluding hydrogens is 222 g/mol. The van der Waals surface area contributed by atoms with Gasteiger partial charge in [0.05, 0.1) is 5.52 Å². The molecule has 0 radical (unpaired) electrons. The van der Waals surface area contributed by atoms with Crippen molar-refractivity contribution in [1.82, 2.24) is 9.88 Å². The van der Waals surface area contributed by atoms with Gasteiger partial charge in [-0.1, -0.05) is 12.1 Å². The highest BCUT2D eigenvalue weighted by molar-refractivity contribution is 5.79. The number of nitrogens with two attached hydrogens (primary N) is 1. The lowest BCUT2D eigenvalue weighted by atomic mass is 9.99. The summed E-state index contributed by atoms with van der Waals surface area (Å²) in [6.45, 7) is 3.10. The lowest BCUT2D eigenvalue weighted by Gasteiger charge is -2.23. The van der Waals surface area contributed by atoms with Crippen molar-refractivity contribution in [1.29, 1.82) is 0 Å². The Kier molecular flexibility index (Phi) is 2.80. The van der Waals surface area contributed by atoms with E-state index in [1.54, 1.807) is 0 Å². The van der Waals surface area contributed by atoms with E-state index < -0.39 is 0 Å². The number of likely N-dealkylation sites (tertiary alicyclic amines) is 1. The van der Waals surface area contributed by atoms with Crippen LogP contribution in [0.15, 0.2) is 30.3 Å². The van der Waals surface area contributed by atoms with E-state index in [4.69, 9.17) is 5.73 Å². The Morgan fingerprint density at radius 2 is 2.11 bits per heavy atom. The average Bonchev–Trinajstić information content (AvgIpc) is 2.69. The minimum absolute atomic E-state index is 0.242. The fourth-order valence-corrected chi connectivity index (χ4v) is 2.91. The van der Waals surface area contributed by atoms with Gasteiger partial charge in [-0.25, -0.2) is 0 Å². The number of hydrogen-bond donors (Lipinski definition) is 1. The molecule has 1 aliphatic heterocycles. The van der Waals surface area contributed by atoms with E-state index in [9.17, 15) is 0 Å². The summed E-state index contributed by atoms with van der Waals surface area (Å²) in [5.74, 6) is 0. The molecule has 94 valence electrons. The standard InChI is InChI=1S/C15H19N3/c1-10-3-4-11-9-12(5-6-14(11)17-10)15-13(16)7-8-18(15)2/h3-6,9,13,15H,7-8,16H2,1-2H3. The second kappa shape index (κ2) is 4.34. The predicted molar refractivity (Wildman–Crippen MR) is 74.4 cm³/mol. The van der Waals surface area contributed by atoms with E-state index >= 15 is 0 Å².